The summed E-state index contributed by atoms with van der Waals surface area (Å²) in [7, 11) is 0. The topological polar surface area (TPSA) is 135 Å². The number of urea groups is 1. The van der Waals surface area contributed by atoms with Crippen LogP contribution in [0.3, 0.4) is 0 Å². The summed E-state index contributed by atoms with van der Waals surface area (Å²) in [5.74, 6) is -0.433. The van der Waals surface area contributed by atoms with Crippen LogP contribution in [0.5, 0.6) is 0 Å². The number of furan rings is 1. The summed E-state index contributed by atoms with van der Waals surface area (Å²) >= 11 is 0. The van der Waals surface area contributed by atoms with Crippen molar-refractivity contribution in [2.75, 3.05) is 6.54 Å². The maximum absolute atomic E-state index is 13.2. The van der Waals surface area contributed by atoms with Gasteiger partial charge in [0.2, 0.25) is 5.91 Å². The van der Waals surface area contributed by atoms with E-state index in [1.165, 1.54) is 11.0 Å². The highest BCUT2D eigenvalue weighted by molar-refractivity contribution is 6.09. The predicted octanol–water partition coefficient (Wildman–Crippen LogP) is 2.05. The summed E-state index contributed by atoms with van der Waals surface area (Å²) in [5, 5.41) is 17.5. The van der Waals surface area contributed by atoms with Gasteiger partial charge in [-0.1, -0.05) is 30.3 Å². The van der Waals surface area contributed by atoms with Crippen LogP contribution in [0.15, 0.2) is 65.3 Å². The summed E-state index contributed by atoms with van der Waals surface area (Å²) in [4.78, 5) is 39.5. The average Bonchev–Trinajstić information content (AvgIpc) is 3.56. The third-order valence-corrected chi connectivity index (χ3v) is 5.86. The number of carbonyl (C=O) groups excluding carboxylic acids is 3. The highest BCUT2D eigenvalue weighted by Gasteiger charge is 2.49. The highest BCUT2D eigenvalue weighted by atomic mass is 16.3. The monoisotopic (exact) mass is 459 g/mol. The third-order valence-electron chi connectivity index (χ3n) is 5.86. The van der Waals surface area contributed by atoms with Crippen molar-refractivity contribution in [2.24, 2.45) is 0 Å². The molecule has 4 amide bonds. The van der Waals surface area contributed by atoms with Gasteiger partial charge in [-0.15, -0.1) is 5.10 Å². The lowest BCUT2D eigenvalue weighted by molar-refractivity contribution is -0.135. The average molecular weight is 459 g/mol. The van der Waals surface area contributed by atoms with Gasteiger partial charge < -0.3 is 15.1 Å². The normalized spacial score (nSPS) is 18.8. The van der Waals surface area contributed by atoms with Gasteiger partial charge in [0.15, 0.2) is 0 Å². The van der Waals surface area contributed by atoms with E-state index in [0.29, 0.717) is 22.6 Å². The van der Waals surface area contributed by atoms with Gasteiger partial charge in [0.25, 0.3) is 5.91 Å². The Kier molecular flexibility index (Phi) is 5.08. The summed E-state index contributed by atoms with van der Waals surface area (Å²) in [5.41, 5.74) is 0.539. The summed E-state index contributed by atoms with van der Waals surface area (Å²) in [6.45, 7) is 2.95. The second kappa shape index (κ2) is 8.10. The van der Waals surface area contributed by atoms with Crippen molar-refractivity contribution in [3.63, 3.8) is 0 Å². The molecule has 2 atom stereocenters. The van der Waals surface area contributed by atoms with Crippen LogP contribution in [0.2, 0.25) is 0 Å². The number of imide groups is 1. The molecule has 2 aromatic carbocycles. The highest BCUT2D eigenvalue weighted by Crippen LogP contribution is 2.30. The van der Waals surface area contributed by atoms with Crippen LogP contribution >= 0.6 is 0 Å². The molecule has 1 fully saturated rings. The van der Waals surface area contributed by atoms with Gasteiger partial charge in [-0.2, -0.15) is 0 Å². The van der Waals surface area contributed by atoms with Gasteiger partial charge in [-0.25, -0.2) is 9.48 Å². The molecule has 0 radical (unpaired) electrons. The number of aromatic nitrogens is 4. The molecule has 1 aliphatic heterocycles. The minimum atomic E-state index is -1.34. The summed E-state index contributed by atoms with van der Waals surface area (Å²) in [6, 6.07) is 15.2. The van der Waals surface area contributed by atoms with Crippen molar-refractivity contribution in [3.05, 3.63) is 72.2 Å². The van der Waals surface area contributed by atoms with Gasteiger partial charge in [0, 0.05) is 5.39 Å². The van der Waals surface area contributed by atoms with Crippen molar-refractivity contribution < 1.29 is 18.8 Å². The minimum absolute atomic E-state index is 0.419. The predicted molar refractivity (Wildman–Crippen MR) is 120 cm³/mol. The lowest BCUT2D eigenvalue weighted by Crippen LogP contribution is -2.43. The quantitative estimate of drug-likeness (QED) is 0.421. The van der Waals surface area contributed by atoms with Crippen LogP contribution in [-0.2, 0) is 15.1 Å². The lowest BCUT2D eigenvalue weighted by atomic mass is 9.91. The molecule has 2 N–H and O–H groups in total. The van der Waals surface area contributed by atoms with Gasteiger partial charge in [0.1, 0.15) is 29.8 Å². The third kappa shape index (κ3) is 3.66. The van der Waals surface area contributed by atoms with Gasteiger partial charge in [0.05, 0.1) is 11.7 Å². The number of tetrazole rings is 1. The van der Waals surface area contributed by atoms with Crippen LogP contribution in [-0.4, -0.2) is 49.5 Å². The second-order valence-electron chi connectivity index (χ2n) is 8.23. The Bertz CT molecular complexity index is 1360. The van der Waals surface area contributed by atoms with Crippen LogP contribution < -0.4 is 10.6 Å². The zero-order chi connectivity index (χ0) is 23.9. The number of amides is 4. The lowest BCUT2D eigenvalue weighted by Gasteiger charge is -2.23. The Hall–Kier alpha value is -4.54. The maximum atomic E-state index is 13.2. The van der Waals surface area contributed by atoms with E-state index in [4.69, 9.17) is 4.42 Å². The molecule has 172 valence electrons. The van der Waals surface area contributed by atoms with E-state index < -0.39 is 36.0 Å². The molecule has 1 saturated heterocycles. The molecule has 34 heavy (non-hydrogen) atoms. The fourth-order valence-corrected chi connectivity index (χ4v) is 3.99. The Labute approximate surface area is 193 Å². The van der Waals surface area contributed by atoms with E-state index in [1.54, 1.807) is 38.1 Å². The van der Waals surface area contributed by atoms with E-state index in [9.17, 15) is 14.4 Å². The number of para-hydroxylation sites is 1. The fourth-order valence-electron chi connectivity index (χ4n) is 3.99. The molecule has 0 aliphatic carbocycles. The molecule has 3 heterocycles. The first kappa shape index (κ1) is 21.3. The number of hydrogen-bond acceptors (Lipinski definition) is 7. The zero-order valence-corrected chi connectivity index (χ0v) is 18.4. The zero-order valence-electron chi connectivity index (χ0n) is 18.4. The molecule has 0 saturated carbocycles. The number of nitrogens with zero attached hydrogens (tertiary/aromatic N) is 5. The second-order valence-corrected chi connectivity index (χ2v) is 8.23. The van der Waals surface area contributed by atoms with Gasteiger partial charge in [-0.3, -0.25) is 14.5 Å². The summed E-state index contributed by atoms with van der Waals surface area (Å²) < 4.78 is 7.23. The van der Waals surface area contributed by atoms with Crippen molar-refractivity contribution >= 4 is 28.8 Å². The molecular weight excluding hydrogens is 438 g/mol. The molecule has 0 bridgehead atoms. The molecule has 0 unspecified atom stereocenters. The van der Waals surface area contributed by atoms with Crippen molar-refractivity contribution in [1.29, 1.82) is 0 Å². The number of fused-ring (bicyclic) bond motifs is 1. The molecule has 0 spiro atoms. The first-order chi connectivity index (χ1) is 16.3. The van der Waals surface area contributed by atoms with E-state index in [-0.39, 0.29) is 0 Å². The SMILES string of the molecule is C[C@@H](NC(=O)CN1C(=O)N[C@@](C)(c2cccc(-n3cnnn3)c2)C1=O)c1cc2ccccc2o1. The number of hydrogen-bond donors (Lipinski definition) is 2. The fraction of sp³-hybridized carbons (Fsp3) is 0.217. The van der Waals surface area contributed by atoms with E-state index in [0.717, 1.165) is 10.3 Å². The van der Waals surface area contributed by atoms with E-state index in [1.807, 2.05) is 30.3 Å². The number of nitrogens with one attached hydrogen (secondary N) is 2. The Balaban J connectivity index is 1.30. The number of benzene rings is 2. The smallest absolute Gasteiger partial charge is 0.325 e. The largest absolute Gasteiger partial charge is 0.459 e. The maximum Gasteiger partial charge on any atom is 0.325 e. The number of carbonyl (C=O) groups is 3. The van der Waals surface area contributed by atoms with Crippen LogP contribution in [0.4, 0.5) is 4.79 Å². The first-order valence-electron chi connectivity index (χ1n) is 10.6. The molecular formula is C23H21N7O4. The van der Waals surface area contributed by atoms with Gasteiger partial charge in [-0.05, 0) is 54.1 Å². The standard InChI is InChI=1S/C23H21N7O4/c1-14(19-10-15-6-3-4-9-18(15)34-19)25-20(31)12-29-21(32)23(2,26-22(29)33)16-7-5-8-17(11-16)30-13-24-27-28-30/h3-11,13-14H,12H2,1-2H3,(H,25,31)(H,26,33)/t14-,23+/m1/s1. The number of rotatable bonds is 6. The molecule has 1 aliphatic rings. The van der Waals surface area contributed by atoms with Crippen LogP contribution in [0.1, 0.15) is 31.2 Å². The Morgan fingerprint density at radius 1 is 1.18 bits per heavy atom. The van der Waals surface area contributed by atoms with Crippen molar-refractivity contribution in [2.45, 2.75) is 25.4 Å². The minimum Gasteiger partial charge on any atom is -0.459 e. The van der Waals surface area contributed by atoms with E-state index >= 15 is 0 Å². The molecule has 11 heteroatoms. The van der Waals surface area contributed by atoms with Crippen LogP contribution in [0, 0.1) is 0 Å². The first-order valence-corrected chi connectivity index (χ1v) is 10.6. The Morgan fingerprint density at radius 2 is 2.00 bits per heavy atom. The van der Waals surface area contributed by atoms with Crippen molar-refractivity contribution in [1.82, 2.24) is 35.7 Å². The van der Waals surface area contributed by atoms with Crippen LogP contribution in [0.25, 0.3) is 16.7 Å². The van der Waals surface area contributed by atoms with Crippen molar-refractivity contribution in [3.8, 4) is 5.69 Å². The van der Waals surface area contributed by atoms with E-state index in [2.05, 4.69) is 26.2 Å². The summed E-state index contributed by atoms with van der Waals surface area (Å²) in [6.07, 6.45) is 1.43. The molecule has 4 aromatic rings. The Morgan fingerprint density at radius 3 is 2.76 bits per heavy atom. The molecule has 2 aromatic heterocycles. The molecule has 11 nitrogen and oxygen atoms in total. The van der Waals surface area contributed by atoms with Gasteiger partial charge >= 0.3 is 6.03 Å². The molecule has 5 rings (SSSR count).